The van der Waals surface area contributed by atoms with Gasteiger partial charge in [-0.3, -0.25) is 0 Å². The Labute approximate surface area is 283 Å². The Morgan fingerprint density at radius 3 is 1.29 bits per heavy atom. The molecule has 0 radical (unpaired) electrons. The van der Waals surface area contributed by atoms with Gasteiger partial charge in [0.2, 0.25) is 0 Å². The summed E-state index contributed by atoms with van der Waals surface area (Å²) in [5.41, 5.74) is 9.85. The third-order valence-electron chi connectivity index (χ3n) is 11.6. The number of rotatable bonds is 0. The first-order chi connectivity index (χ1) is 25.2. The summed E-state index contributed by atoms with van der Waals surface area (Å²) in [6, 6.07) is 51.2. The monoisotopic (exact) mass is 618 g/mol. The highest BCUT2D eigenvalue weighted by molar-refractivity contribution is 7.00. The number of hydrogen-bond donors (Lipinski definition) is 0. The topological polar surface area (TPSA) is 9.86 Å². The summed E-state index contributed by atoms with van der Waals surface area (Å²) in [6.07, 6.45) is 0. The van der Waals surface area contributed by atoms with Crippen molar-refractivity contribution in [1.29, 1.82) is 0 Å². The molecule has 0 aliphatic carbocycles. The van der Waals surface area contributed by atoms with Crippen LogP contribution in [-0.4, -0.2) is 15.8 Å². The highest BCUT2D eigenvalue weighted by Crippen LogP contribution is 2.45. The summed E-state index contributed by atoms with van der Waals surface area (Å²) in [7, 11) is 0. The molecule has 0 fully saturated rings. The van der Waals surface area contributed by atoms with Crippen molar-refractivity contribution in [3.05, 3.63) is 152 Å². The molecule has 0 saturated heterocycles. The van der Waals surface area contributed by atoms with Crippen molar-refractivity contribution in [2.24, 2.45) is 0 Å². The Kier molecular flexibility index (Phi) is 3.95. The van der Waals surface area contributed by atoms with E-state index in [9.17, 15) is 2.74 Å². The lowest BCUT2D eigenvalue weighted by atomic mass is 9.34. The Bertz CT molecular complexity index is 3240. The molecule has 0 saturated carbocycles. The second kappa shape index (κ2) is 8.39. The Hall–Kier alpha value is -6.32. The molecule has 222 valence electrons. The predicted octanol–water partition coefficient (Wildman–Crippen LogP) is 9.64. The fourth-order valence-corrected chi connectivity index (χ4v) is 9.83. The van der Waals surface area contributed by atoms with Crippen molar-refractivity contribution in [3.8, 4) is 11.4 Å². The molecule has 0 amide bonds. The molecule has 9 aromatic carbocycles. The van der Waals surface area contributed by atoms with E-state index in [0.29, 0.717) is 12.1 Å². The molecule has 0 N–H and O–H groups in total. The number of fused-ring (bicyclic) bond motifs is 18. The number of hydrogen-bond acceptors (Lipinski definition) is 0. The van der Waals surface area contributed by atoms with E-state index in [0.717, 1.165) is 27.9 Å². The summed E-state index contributed by atoms with van der Waals surface area (Å²) in [5.74, 6) is 0. The Balaban J connectivity index is 1.35. The molecule has 0 atom stereocenters. The maximum Gasteiger partial charge on any atom is 0.252 e. The number of benzene rings is 9. The first-order valence-electron chi connectivity index (χ1n) is 18.1. The molecule has 2 nitrogen and oxygen atoms in total. The molecule has 0 unspecified atom stereocenters. The minimum atomic E-state index is -0.158. The molecule has 4 heterocycles. The molecule has 49 heavy (non-hydrogen) atoms. The van der Waals surface area contributed by atoms with Gasteiger partial charge < -0.3 is 9.13 Å². The number of aromatic nitrogens is 2. The molecule has 2 aromatic heterocycles. The van der Waals surface area contributed by atoms with Crippen molar-refractivity contribution in [2.45, 2.75) is 0 Å². The highest BCUT2D eigenvalue weighted by atomic mass is 15.0. The summed E-state index contributed by atoms with van der Waals surface area (Å²) in [5, 5.41) is 14.7. The van der Waals surface area contributed by atoms with Gasteiger partial charge in [-0.05, 0) is 83.7 Å². The summed E-state index contributed by atoms with van der Waals surface area (Å²) >= 11 is 0. The normalized spacial score (nSPS) is 13.8. The Morgan fingerprint density at radius 2 is 0.816 bits per heavy atom. The molecule has 11 aromatic rings. The molecular weight excluding hydrogens is 591 g/mol. The Morgan fingerprint density at radius 1 is 0.408 bits per heavy atom. The van der Waals surface area contributed by atoms with Gasteiger partial charge in [0, 0.05) is 32.9 Å². The van der Waals surface area contributed by atoms with Gasteiger partial charge in [0.05, 0.1) is 24.8 Å². The van der Waals surface area contributed by atoms with Gasteiger partial charge in [-0.15, -0.1) is 0 Å². The van der Waals surface area contributed by atoms with Crippen LogP contribution in [0.25, 0.3) is 98.1 Å². The lowest BCUT2D eigenvalue weighted by Gasteiger charge is -2.34. The van der Waals surface area contributed by atoms with Crippen LogP contribution in [0.15, 0.2) is 152 Å². The minimum absolute atomic E-state index is 0.158. The van der Waals surface area contributed by atoms with Crippen LogP contribution < -0.4 is 16.4 Å². The van der Waals surface area contributed by atoms with Crippen LogP contribution in [0.4, 0.5) is 0 Å². The average Bonchev–Trinajstić information content (AvgIpc) is 3.70. The van der Waals surface area contributed by atoms with Crippen LogP contribution in [0, 0.1) is 0 Å². The van der Waals surface area contributed by atoms with Crippen LogP contribution in [0.2, 0.25) is 0 Å². The predicted molar refractivity (Wildman–Crippen MR) is 210 cm³/mol. The van der Waals surface area contributed by atoms with E-state index < -0.39 is 0 Å². The zero-order chi connectivity index (χ0) is 33.3. The highest BCUT2D eigenvalue weighted by Gasteiger charge is 2.41. The van der Waals surface area contributed by atoms with Crippen LogP contribution >= 0.6 is 0 Å². The van der Waals surface area contributed by atoms with Crippen LogP contribution in [-0.2, 0) is 0 Å². The smallest absolute Gasteiger partial charge is 0.252 e. The van der Waals surface area contributed by atoms with Gasteiger partial charge in [0.1, 0.15) is 0 Å². The van der Waals surface area contributed by atoms with E-state index in [4.69, 9.17) is 0 Å². The molecule has 0 spiro atoms. The summed E-state index contributed by atoms with van der Waals surface area (Å²) in [6.45, 7) is -0.158. The van der Waals surface area contributed by atoms with Crippen LogP contribution in [0.5, 0.6) is 0 Å². The van der Waals surface area contributed by atoms with E-state index in [1.165, 1.54) is 86.6 Å². The standard InChI is InChI=1S/C46H25BN2/c1-5-14-30-26(10-1)20-22-36-40(30)42-32-16-7-3-12-28(32)24-34-45(42)48(36)38-18-9-19-39-44(38)47(34)35-25-29-13-4-8-17-33(29)43-41-31-15-6-2-11-27(31)21-23-37(41)49(39)46(35)43/h1-25H/i18D,19D. The fourth-order valence-electron chi connectivity index (χ4n) is 9.83. The maximum absolute atomic E-state index is 9.66. The van der Waals surface area contributed by atoms with E-state index >= 15 is 0 Å². The fraction of sp³-hybridized carbons (Fsp3) is 0. The zero-order valence-corrected chi connectivity index (χ0v) is 26.3. The second-order valence-corrected chi connectivity index (χ2v) is 13.8. The van der Waals surface area contributed by atoms with Crippen LogP contribution in [0.3, 0.4) is 0 Å². The van der Waals surface area contributed by atoms with Crippen molar-refractivity contribution < 1.29 is 2.74 Å². The van der Waals surface area contributed by atoms with E-state index in [1.54, 1.807) is 6.07 Å². The number of nitrogens with zero attached hydrogens (tertiary/aromatic N) is 2. The van der Waals surface area contributed by atoms with Crippen molar-refractivity contribution >= 4 is 110 Å². The van der Waals surface area contributed by atoms with Gasteiger partial charge in [-0.2, -0.15) is 0 Å². The first-order valence-corrected chi connectivity index (χ1v) is 17.1. The summed E-state index contributed by atoms with van der Waals surface area (Å²) < 4.78 is 24.1. The molecule has 2 aliphatic rings. The molecule has 0 bridgehead atoms. The zero-order valence-electron chi connectivity index (χ0n) is 28.3. The lowest BCUT2D eigenvalue weighted by molar-refractivity contribution is 1.14. The molecule has 3 heteroatoms. The average molecular weight is 619 g/mol. The quantitative estimate of drug-likeness (QED) is 0.150. The SMILES string of the molecule is [2H]c1cc([2H])c2c3c1-n1c4ccc5ccccc5c4c4c5ccccc5cc(c41)B3c1cc3ccccc3c3c4c5ccccc5ccc4n-2c13. The van der Waals surface area contributed by atoms with Gasteiger partial charge >= 0.3 is 0 Å². The van der Waals surface area contributed by atoms with Crippen molar-refractivity contribution in [3.63, 3.8) is 0 Å². The molecular formula is C46H25BN2. The van der Waals surface area contributed by atoms with Gasteiger partial charge in [0.15, 0.2) is 0 Å². The second-order valence-electron chi connectivity index (χ2n) is 13.8. The maximum atomic E-state index is 9.66. The third-order valence-corrected chi connectivity index (χ3v) is 11.6. The van der Waals surface area contributed by atoms with Crippen LogP contribution in [0.1, 0.15) is 2.74 Å². The minimum Gasteiger partial charge on any atom is -0.310 e. The van der Waals surface area contributed by atoms with Gasteiger partial charge in [-0.1, -0.05) is 127 Å². The largest absolute Gasteiger partial charge is 0.310 e. The van der Waals surface area contributed by atoms with Crippen molar-refractivity contribution in [1.82, 2.24) is 9.13 Å². The van der Waals surface area contributed by atoms with Gasteiger partial charge in [-0.25, -0.2) is 0 Å². The van der Waals surface area contributed by atoms with E-state index in [1.807, 2.05) is 0 Å². The van der Waals surface area contributed by atoms with E-state index in [-0.39, 0.29) is 6.71 Å². The lowest BCUT2D eigenvalue weighted by Crippen LogP contribution is -2.59. The van der Waals surface area contributed by atoms with Gasteiger partial charge in [0.25, 0.3) is 6.71 Å². The summed E-state index contributed by atoms with van der Waals surface area (Å²) in [4.78, 5) is 0. The van der Waals surface area contributed by atoms with E-state index in [2.05, 4.69) is 143 Å². The molecule has 13 rings (SSSR count). The third kappa shape index (κ3) is 2.78. The molecule has 2 aliphatic heterocycles. The first kappa shape index (κ1) is 23.1. The van der Waals surface area contributed by atoms with Crippen molar-refractivity contribution in [2.75, 3.05) is 0 Å².